The van der Waals surface area contributed by atoms with Gasteiger partial charge in [-0.1, -0.05) is 0 Å². The molecule has 1 aromatic carbocycles. The quantitative estimate of drug-likeness (QED) is 0.845. The molecule has 0 spiro atoms. The predicted octanol–water partition coefficient (Wildman–Crippen LogP) is 1.60. The van der Waals surface area contributed by atoms with E-state index in [4.69, 9.17) is 10.5 Å². The Morgan fingerprint density at radius 1 is 1.35 bits per heavy atom. The highest BCUT2D eigenvalue weighted by Gasteiger charge is 2.14. The number of ether oxygens (including phenoxy) is 1. The van der Waals surface area contributed by atoms with E-state index in [1.165, 1.54) is 23.5 Å². The number of thiazole rings is 1. The third-order valence-electron chi connectivity index (χ3n) is 2.46. The first kappa shape index (κ1) is 14.8. The molecule has 108 valence electrons. The number of nitrogens with two attached hydrogens (primary N) is 1. The summed E-state index contributed by atoms with van der Waals surface area (Å²) in [6.45, 7) is 2.52. The maximum atomic E-state index is 12.1. The van der Waals surface area contributed by atoms with Crippen LogP contribution in [0.5, 0.6) is 5.75 Å². The van der Waals surface area contributed by atoms with E-state index in [1.807, 2.05) is 6.92 Å². The van der Waals surface area contributed by atoms with Crippen LogP contribution in [0, 0.1) is 0 Å². The van der Waals surface area contributed by atoms with Gasteiger partial charge in [-0.15, -0.1) is 11.3 Å². The van der Waals surface area contributed by atoms with Crippen molar-refractivity contribution in [1.82, 2.24) is 9.71 Å². The second-order valence-electron chi connectivity index (χ2n) is 3.91. The molecule has 0 aliphatic rings. The number of nitrogens with zero attached hydrogens (tertiary/aromatic N) is 1. The Hall–Kier alpha value is -1.64. The molecule has 0 unspecified atom stereocenters. The number of nitrogens with one attached hydrogen (secondary N) is 1. The molecule has 1 heterocycles. The van der Waals surface area contributed by atoms with E-state index in [2.05, 4.69) is 9.71 Å². The van der Waals surface area contributed by atoms with Gasteiger partial charge in [-0.05, 0) is 31.2 Å². The molecule has 0 radical (unpaired) electrons. The highest BCUT2D eigenvalue weighted by Crippen LogP contribution is 2.16. The third kappa shape index (κ3) is 3.69. The molecular formula is C12H15N3O3S2. The number of hydrogen-bond donors (Lipinski definition) is 2. The van der Waals surface area contributed by atoms with Crippen molar-refractivity contribution in [3.05, 3.63) is 35.3 Å². The van der Waals surface area contributed by atoms with Crippen molar-refractivity contribution in [2.24, 2.45) is 0 Å². The van der Waals surface area contributed by atoms with Crippen molar-refractivity contribution in [2.75, 3.05) is 12.3 Å². The van der Waals surface area contributed by atoms with Gasteiger partial charge in [0.2, 0.25) is 10.0 Å². The van der Waals surface area contributed by atoms with Crippen LogP contribution in [-0.2, 0) is 16.6 Å². The lowest BCUT2D eigenvalue weighted by Crippen LogP contribution is -2.23. The Morgan fingerprint density at radius 3 is 2.60 bits per heavy atom. The first-order chi connectivity index (χ1) is 9.51. The molecule has 0 atom stereocenters. The number of anilines is 1. The van der Waals surface area contributed by atoms with Gasteiger partial charge in [0.05, 0.1) is 23.7 Å². The summed E-state index contributed by atoms with van der Waals surface area (Å²) in [7, 11) is -3.56. The summed E-state index contributed by atoms with van der Waals surface area (Å²) in [5, 5.41) is 2.14. The van der Waals surface area contributed by atoms with Crippen molar-refractivity contribution in [1.29, 1.82) is 0 Å². The van der Waals surface area contributed by atoms with Crippen LogP contribution in [-0.4, -0.2) is 20.0 Å². The zero-order valence-electron chi connectivity index (χ0n) is 10.9. The Kier molecular flexibility index (Phi) is 4.58. The Bertz CT molecular complexity index is 666. The number of benzene rings is 1. The van der Waals surface area contributed by atoms with Crippen LogP contribution in [0.3, 0.4) is 0 Å². The van der Waals surface area contributed by atoms with Crippen LogP contribution in [0.25, 0.3) is 0 Å². The lowest BCUT2D eigenvalue weighted by molar-refractivity contribution is 0.340. The molecule has 0 fully saturated rings. The summed E-state index contributed by atoms with van der Waals surface area (Å²) in [5.74, 6) is 0.638. The van der Waals surface area contributed by atoms with Gasteiger partial charge in [-0.2, -0.15) is 0 Å². The van der Waals surface area contributed by atoms with Crippen LogP contribution in [0.15, 0.2) is 34.5 Å². The minimum absolute atomic E-state index is 0.114. The number of rotatable bonds is 6. The first-order valence-electron chi connectivity index (χ1n) is 5.93. The summed E-state index contributed by atoms with van der Waals surface area (Å²) in [6.07, 6.45) is 0. The molecule has 20 heavy (non-hydrogen) atoms. The smallest absolute Gasteiger partial charge is 0.240 e. The molecule has 1 aromatic heterocycles. The number of sulfonamides is 1. The fourth-order valence-electron chi connectivity index (χ4n) is 1.54. The zero-order valence-corrected chi connectivity index (χ0v) is 12.5. The standard InChI is InChI=1S/C12H15N3O3S2/c1-2-18-10-3-5-11(6-4-10)20(16,17)14-7-9-8-19-12(13)15-9/h3-6,8,14H,2,7H2,1H3,(H2,13,15). The molecule has 2 aromatic rings. The van der Waals surface area contributed by atoms with Crippen LogP contribution in [0.2, 0.25) is 0 Å². The third-order valence-corrected chi connectivity index (χ3v) is 4.60. The second kappa shape index (κ2) is 6.21. The van der Waals surface area contributed by atoms with Crippen molar-refractivity contribution in [3.8, 4) is 5.75 Å². The highest BCUT2D eigenvalue weighted by molar-refractivity contribution is 7.89. The predicted molar refractivity (Wildman–Crippen MR) is 78.2 cm³/mol. The summed E-state index contributed by atoms with van der Waals surface area (Å²) in [5.41, 5.74) is 6.09. The monoisotopic (exact) mass is 313 g/mol. The summed E-state index contributed by atoms with van der Waals surface area (Å²) >= 11 is 1.27. The molecular weight excluding hydrogens is 298 g/mol. The van der Waals surface area contributed by atoms with Gasteiger partial charge in [0, 0.05) is 5.38 Å². The summed E-state index contributed by atoms with van der Waals surface area (Å²) < 4.78 is 31.9. The summed E-state index contributed by atoms with van der Waals surface area (Å²) in [4.78, 5) is 4.18. The van der Waals surface area contributed by atoms with Crippen molar-refractivity contribution in [2.45, 2.75) is 18.4 Å². The maximum Gasteiger partial charge on any atom is 0.240 e. The Labute approximate surface area is 121 Å². The molecule has 0 amide bonds. The van der Waals surface area contributed by atoms with Crippen LogP contribution in [0.1, 0.15) is 12.6 Å². The molecule has 0 saturated carbocycles. The molecule has 0 aliphatic heterocycles. The fourth-order valence-corrected chi connectivity index (χ4v) is 3.10. The van der Waals surface area contributed by atoms with Gasteiger partial charge in [0.25, 0.3) is 0 Å². The Morgan fingerprint density at radius 2 is 2.05 bits per heavy atom. The average molecular weight is 313 g/mol. The lowest BCUT2D eigenvalue weighted by atomic mass is 10.3. The number of aromatic nitrogens is 1. The molecule has 2 rings (SSSR count). The largest absolute Gasteiger partial charge is 0.494 e. The lowest BCUT2D eigenvalue weighted by Gasteiger charge is -2.07. The van der Waals surface area contributed by atoms with Gasteiger partial charge in [0.1, 0.15) is 5.75 Å². The highest BCUT2D eigenvalue weighted by atomic mass is 32.2. The van der Waals surface area contributed by atoms with Gasteiger partial charge in [-0.3, -0.25) is 0 Å². The van der Waals surface area contributed by atoms with Gasteiger partial charge in [0.15, 0.2) is 5.13 Å². The van der Waals surface area contributed by atoms with Gasteiger partial charge >= 0.3 is 0 Å². The molecule has 0 bridgehead atoms. The van der Waals surface area contributed by atoms with Gasteiger partial charge < -0.3 is 10.5 Å². The number of hydrogen-bond acceptors (Lipinski definition) is 6. The van der Waals surface area contributed by atoms with Crippen LogP contribution in [0.4, 0.5) is 5.13 Å². The minimum atomic E-state index is -3.56. The van der Waals surface area contributed by atoms with Crippen molar-refractivity contribution < 1.29 is 13.2 Å². The van der Waals surface area contributed by atoms with E-state index in [0.717, 1.165) is 0 Å². The second-order valence-corrected chi connectivity index (χ2v) is 6.56. The SMILES string of the molecule is CCOc1ccc(S(=O)(=O)NCc2csc(N)n2)cc1. The van der Waals surface area contributed by atoms with Crippen LogP contribution < -0.4 is 15.2 Å². The molecule has 8 heteroatoms. The van der Waals surface area contributed by atoms with Crippen molar-refractivity contribution in [3.63, 3.8) is 0 Å². The average Bonchev–Trinajstić information content (AvgIpc) is 2.84. The molecule has 0 aliphatic carbocycles. The molecule has 0 saturated heterocycles. The first-order valence-corrected chi connectivity index (χ1v) is 8.30. The van der Waals surface area contributed by atoms with Crippen LogP contribution >= 0.6 is 11.3 Å². The normalized spacial score (nSPS) is 11.4. The Balaban J connectivity index is 2.05. The van der Waals surface area contributed by atoms with Gasteiger partial charge in [-0.25, -0.2) is 18.1 Å². The van der Waals surface area contributed by atoms with E-state index < -0.39 is 10.0 Å². The summed E-state index contributed by atoms with van der Waals surface area (Å²) in [6, 6.07) is 6.25. The van der Waals surface area contributed by atoms with E-state index in [1.54, 1.807) is 17.5 Å². The van der Waals surface area contributed by atoms with E-state index in [-0.39, 0.29) is 11.4 Å². The van der Waals surface area contributed by atoms with E-state index in [0.29, 0.717) is 23.2 Å². The van der Waals surface area contributed by atoms with Crippen molar-refractivity contribution >= 4 is 26.5 Å². The fraction of sp³-hybridized carbons (Fsp3) is 0.250. The zero-order chi connectivity index (χ0) is 14.6. The van der Waals surface area contributed by atoms with E-state index >= 15 is 0 Å². The van der Waals surface area contributed by atoms with E-state index in [9.17, 15) is 8.42 Å². The molecule has 6 nitrogen and oxygen atoms in total. The number of nitrogen functional groups attached to an aromatic ring is 1. The maximum absolute atomic E-state index is 12.1. The minimum Gasteiger partial charge on any atom is -0.494 e. The topological polar surface area (TPSA) is 94.3 Å². The molecule has 3 N–H and O–H groups in total.